The lowest BCUT2D eigenvalue weighted by atomic mass is 10.0. The van der Waals surface area contributed by atoms with E-state index in [1.807, 2.05) is 0 Å². The Morgan fingerprint density at radius 2 is 2.12 bits per heavy atom. The van der Waals surface area contributed by atoms with Gasteiger partial charge in [-0.25, -0.2) is 4.79 Å². The molecule has 1 unspecified atom stereocenters. The van der Waals surface area contributed by atoms with Gasteiger partial charge in [0, 0.05) is 0 Å². The predicted molar refractivity (Wildman–Crippen MR) is 60.0 cm³/mol. The van der Waals surface area contributed by atoms with E-state index in [2.05, 4.69) is 9.97 Å². The first-order chi connectivity index (χ1) is 7.49. The standard InChI is InChI=1S/C10H9ClN2O3/c1-4(9(14)15)5-2-6(11)8-7(3-5)12-10(16)13-8/h2-4H,1H3,(H,14,15)(H2,12,13,16). The van der Waals surface area contributed by atoms with Gasteiger partial charge >= 0.3 is 11.7 Å². The third-order valence-corrected chi connectivity index (χ3v) is 2.77. The van der Waals surface area contributed by atoms with Gasteiger partial charge in [-0.1, -0.05) is 11.6 Å². The summed E-state index contributed by atoms with van der Waals surface area (Å²) in [5.41, 5.74) is 1.20. The summed E-state index contributed by atoms with van der Waals surface area (Å²) in [5, 5.41) is 9.21. The normalized spacial score (nSPS) is 12.9. The van der Waals surface area contributed by atoms with Gasteiger partial charge in [0.25, 0.3) is 0 Å². The van der Waals surface area contributed by atoms with Gasteiger partial charge in [-0.05, 0) is 24.6 Å². The van der Waals surface area contributed by atoms with E-state index < -0.39 is 11.9 Å². The summed E-state index contributed by atoms with van der Waals surface area (Å²) in [6.07, 6.45) is 0. The Balaban J connectivity index is 2.66. The van der Waals surface area contributed by atoms with Crippen molar-refractivity contribution in [2.75, 3.05) is 0 Å². The largest absolute Gasteiger partial charge is 0.481 e. The molecule has 1 aromatic carbocycles. The minimum Gasteiger partial charge on any atom is -0.481 e. The lowest BCUT2D eigenvalue weighted by molar-refractivity contribution is -0.138. The Hall–Kier alpha value is -1.75. The summed E-state index contributed by atoms with van der Waals surface area (Å²) in [7, 11) is 0. The van der Waals surface area contributed by atoms with Gasteiger partial charge in [0.15, 0.2) is 0 Å². The number of imidazole rings is 1. The maximum Gasteiger partial charge on any atom is 0.323 e. The van der Waals surface area contributed by atoms with Crippen molar-refractivity contribution in [3.05, 3.63) is 33.2 Å². The average molecular weight is 241 g/mol. The fourth-order valence-electron chi connectivity index (χ4n) is 1.51. The molecule has 16 heavy (non-hydrogen) atoms. The molecule has 6 heteroatoms. The molecule has 0 spiro atoms. The number of carbonyl (C=O) groups is 1. The lowest BCUT2D eigenvalue weighted by Gasteiger charge is -2.07. The topological polar surface area (TPSA) is 85.9 Å². The molecule has 0 bridgehead atoms. The minimum absolute atomic E-state index is 0.332. The number of H-pyrrole nitrogens is 2. The van der Waals surface area contributed by atoms with E-state index in [1.54, 1.807) is 19.1 Å². The van der Waals surface area contributed by atoms with Crippen molar-refractivity contribution >= 4 is 28.6 Å². The van der Waals surface area contributed by atoms with Crippen LogP contribution in [-0.2, 0) is 4.79 Å². The van der Waals surface area contributed by atoms with Crippen LogP contribution in [0.4, 0.5) is 0 Å². The number of nitrogens with one attached hydrogen (secondary N) is 2. The summed E-state index contributed by atoms with van der Waals surface area (Å²) in [4.78, 5) is 27.0. The highest BCUT2D eigenvalue weighted by atomic mass is 35.5. The second-order valence-corrected chi connectivity index (χ2v) is 3.97. The van der Waals surface area contributed by atoms with Crippen molar-refractivity contribution in [3.8, 4) is 0 Å². The molecule has 0 aliphatic rings. The number of hydrogen-bond donors (Lipinski definition) is 3. The molecule has 1 heterocycles. The Kier molecular flexibility index (Phi) is 2.47. The molecule has 3 N–H and O–H groups in total. The van der Waals surface area contributed by atoms with Crippen LogP contribution in [0, 0.1) is 0 Å². The number of aromatic nitrogens is 2. The number of carboxylic acid groups (broad SMARTS) is 1. The minimum atomic E-state index is -0.937. The summed E-state index contributed by atoms with van der Waals surface area (Å²) in [6.45, 7) is 1.56. The highest BCUT2D eigenvalue weighted by Crippen LogP contribution is 2.26. The smallest absolute Gasteiger partial charge is 0.323 e. The first kappa shape index (κ1) is 10.8. The molecule has 2 rings (SSSR count). The Morgan fingerprint density at radius 1 is 1.44 bits per heavy atom. The number of aromatic amines is 2. The molecule has 0 saturated carbocycles. The number of aliphatic carboxylic acids is 1. The second-order valence-electron chi connectivity index (χ2n) is 3.56. The van der Waals surface area contributed by atoms with Crippen molar-refractivity contribution in [2.45, 2.75) is 12.8 Å². The zero-order valence-corrected chi connectivity index (χ0v) is 9.13. The molecule has 0 saturated heterocycles. The monoisotopic (exact) mass is 240 g/mol. The van der Waals surface area contributed by atoms with Crippen LogP contribution in [0.15, 0.2) is 16.9 Å². The average Bonchev–Trinajstić information content (AvgIpc) is 2.57. The molecule has 0 aliphatic carbocycles. The van der Waals surface area contributed by atoms with Gasteiger partial charge in [-0.3, -0.25) is 4.79 Å². The van der Waals surface area contributed by atoms with Crippen molar-refractivity contribution in [1.29, 1.82) is 0 Å². The third-order valence-electron chi connectivity index (χ3n) is 2.47. The molecule has 2 aromatic rings. The van der Waals surface area contributed by atoms with Crippen LogP contribution in [-0.4, -0.2) is 21.0 Å². The van der Waals surface area contributed by atoms with Crippen LogP contribution in [0.25, 0.3) is 11.0 Å². The van der Waals surface area contributed by atoms with E-state index in [4.69, 9.17) is 16.7 Å². The fourth-order valence-corrected chi connectivity index (χ4v) is 1.79. The van der Waals surface area contributed by atoms with E-state index >= 15 is 0 Å². The van der Waals surface area contributed by atoms with Crippen LogP contribution < -0.4 is 5.69 Å². The second kappa shape index (κ2) is 3.68. The highest BCUT2D eigenvalue weighted by Gasteiger charge is 2.16. The van der Waals surface area contributed by atoms with Crippen LogP contribution >= 0.6 is 11.6 Å². The number of carboxylic acids is 1. The Bertz CT molecular complexity index is 614. The molecule has 0 radical (unpaired) electrons. The molecule has 0 amide bonds. The third kappa shape index (κ3) is 1.69. The lowest BCUT2D eigenvalue weighted by Crippen LogP contribution is -2.07. The van der Waals surface area contributed by atoms with Gasteiger partial charge in [-0.2, -0.15) is 0 Å². The maximum atomic E-state index is 11.1. The molecular weight excluding hydrogens is 232 g/mol. The molecular formula is C10H9ClN2O3. The number of fused-ring (bicyclic) bond motifs is 1. The maximum absolute atomic E-state index is 11.1. The summed E-state index contributed by atoms with van der Waals surface area (Å²) in [5.74, 6) is -1.60. The molecule has 84 valence electrons. The summed E-state index contributed by atoms with van der Waals surface area (Å²) >= 11 is 5.94. The van der Waals surface area contributed by atoms with Gasteiger partial charge in [0.05, 0.1) is 22.0 Å². The van der Waals surface area contributed by atoms with E-state index in [0.29, 0.717) is 21.6 Å². The van der Waals surface area contributed by atoms with E-state index in [0.717, 1.165) is 0 Å². The van der Waals surface area contributed by atoms with Crippen LogP contribution in [0.3, 0.4) is 0 Å². The molecule has 1 atom stereocenters. The predicted octanol–water partition coefficient (Wildman–Crippen LogP) is 1.70. The van der Waals surface area contributed by atoms with E-state index in [9.17, 15) is 9.59 Å². The first-order valence-electron chi connectivity index (χ1n) is 4.63. The Labute approximate surface area is 95.1 Å². The van der Waals surface area contributed by atoms with Crippen LogP contribution in [0.2, 0.25) is 5.02 Å². The van der Waals surface area contributed by atoms with E-state index in [-0.39, 0.29) is 5.69 Å². The SMILES string of the molecule is CC(C(=O)O)c1cc(Cl)c2[nH]c(=O)[nH]c2c1. The number of halogens is 1. The Morgan fingerprint density at radius 3 is 2.75 bits per heavy atom. The summed E-state index contributed by atoms with van der Waals surface area (Å²) < 4.78 is 0. The van der Waals surface area contributed by atoms with Crippen molar-refractivity contribution in [3.63, 3.8) is 0 Å². The number of rotatable bonds is 2. The van der Waals surface area contributed by atoms with Gasteiger partial charge in [0.1, 0.15) is 0 Å². The number of benzene rings is 1. The molecule has 1 aromatic heterocycles. The highest BCUT2D eigenvalue weighted by molar-refractivity contribution is 6.35. The first-order valence-corrected chi connectivity index (χ1v) is 5.01. The molecule has 0 aliphatic heterocycles. The summed E-state index contributed by atoms with van der Waals surface area (Å²) in [6, 6.07) is 3.16. The van der Waals surface area contributed by atoms with Crippen molar-refractivity contribution in [2.24, 2.45) is 0 Å². The van der Waals surface area contributed by atoms with Gasteiger partial charge in [0.2, 0.25) is 0 Å². The fraction of sp³-hybridized carbons (Fsp3) is 0.200. The quantitative estimate of drug-likeness (QED) is 0.747. The zero-order chi connectivity index (χ0) is 11.9. The van der Waals surface area contributed by atoms with Crippen LogP contribution in [0.1, 0.15) is 18.4 Å². The molecule has 0 fully saturated rings. The van der Waals surface area contributed by atoms with E-state index in [1.165, 1.54) is 0 Å². The van der Waals surface area contributed by atoms with Crippen molar-refractivity contribution in [1.82, 2.24) is 9.97 Å². The van der Waals surface area contributed by atoms with Gasteiger partial charge in [-0.15, -0.1) is 0 Å². The molecule has 5 nitrogen and oxygen atoms in total. The van der Waals surface area contributed by atoms with Crippen LogP contribution in [0.5, 0.6) is 0 Å². The number of hydrogen-bond acceptors (Lipinski definition) is 2. The van der Waals surface area contributed by atoms with Crippen molar-refractivity contribution < 1.29 is 9.90 Å². The zero-order valence-electron chi connectivity index (χ0n) is 8.37. The van der Waals surface area contributed by atoms with Gasteiger partial charge < -0.3 is 15.1 Å².